The smallest absolute Gasteiger partial charge is 0.242 e. The van der Waals surface area contributed by atoms with Gasteiger partial charge in [-0.3, -0.25) is 0 Å². The van der Waals surface area contributed by atoms with Gasteiger partial charge in [-0.2, -0.15) is 0 Å². The monoisotopic (exact) mass is 270 g/mol. The molecule has 1 N–H and O–H groups in total. The Balaban J connectivity index is 2.74. The van der Waals surface area contributed by atoms with E-state index in [0.717, 1.165) is 24.9 Å². The van der Waals surface area contributed by atoms with Gasteiger partial charge in [-0.05, 0) is 30.7 Å². The minimum atomic E-state index is -3.33. The fourth-order valence-corrected chi connectivity index (χ4v) is 2.53. The number of nitrogens with zero attached hydrogens (tertiary/aromatic N) is 1. The average molecular weight is 270 g/mol. The molecule has 102 valence electrons. The lowest BCUT2D eigenvalue weighted by Gasteiger charge is -2.12. The third-order valence-electron chi connectivity index (χ3n) is 2.71. The fraction of sp³-hybridized carbons (Fsp3) is 0.538. The predicted molar refractivity (Wildman–Crippen MR) is 73.9 cm³/mol. The van der Waals surface area contributed by atoms with Crippen LogP contribution in [0.5, 0.6) is 0 Å². The van der Waals surface area contributed by atoms with Gasteiger partial charge in [-0.15, -0.1) is 0 Å². The Labute approximate surface area is 110 Å². The van der Waals surface area contributed by atoms with Crippen LogP contribution in [0.1, 0.15) is 25.3 Å². The minimum Gasteiger partial charge on any atom is -0.313 e. The Bertz CT molecular complexity index is 470. The summed E-state index contributed by atoms with van der Waals surface area (Å²) < 4.78 is 25.2. The molecule has 0 aromatic heterocycles. The van der Waals surface area contributed by atoms with Crippen LogP contribution < -0.4 is 5.32 Å². The highest BCUT2D eigenvalue weighted by Gasteiger charge is 2.16. The Hall–Kier alpha value is -0.910. The molecule has 0 amide bonds. The van der Waals surface area contributed by atoms with Gasteiger partial charge >= 0.3 is 0 Å². The van der Waals surface area contributed by atoms with E-state index in [2.05, 4.69) is 12.2 Å². The van der Waals surface area contributed by atoms with Crippen molar-refractivity contribution >= 4 is 10.0 Å². The number of hydrogen-bond donors (Lipinski definition) is 1. The van der Waals surface area contributed by atoms with Crippen LogP contribution in [0.15, 0.2) is 29.2 Å². The summed E-state index contributed by atoms with van der Waals surface area (Å²) in [5, 5.41) is 3.30. The number of sulfonamides is 1. The second-order valence-corrected chi connectivity index (χ2v) is 6.62. The molecule has 0 unspecified atom stereocenters. The molecule has 0 aliphatic heterocycles. The molecular formula is C13H22N2O2S. The van der Waals surface area contributed by atoms with Crippen LogP contribution in [0, 0.1) is 0 Å². The Morgan fingerprint density at radius 1 is 1.28 bits per heavy atom. The zero-order valence-corrected chi connectivity index (χ0v) is 12.1. The third-order valence-corrected chi connectivity index (χ3v) is 4.52. The quantitative estimate of drug-likeness (QED) is 0.769. The van der Waals surface area contributed by atoms with Crippen LogP contribution in [0.25, 0.3) is 0 Å². The first-order valence-corrected chi connectivity index (χ1v) is 7.64. The molecular weight excluding hydrogens is 248 g/mol. The van der Waals surface area contributed by atoms with Crippen LogP contribution in [0.4, 0.5) is 0 Å². The van der Waals surface area contributed by atoms with Crippen molar-refractivity contribution in [1.29, 1.82) is 0 Å². The molecule has 0 aliphatic carbocycles. The summed E-state index contributed by atoms with van der Waals surface area (Å²) in [6, 6.07) is 7.08. The van der Waals surface area contributed by atoms with E-state index in [1.165, 1.54) is 4.31 Å². The van der Waals surface area contributed by atoms with Gasteiger partial charge in [0.25, 0.3) is 0 Å². The van der Waals surface area contributed by atoms with Crippen molar-refractivity contribution in [3.05, 3.63) is 29.8 Å². The first kappa shape index (κ1) is 15.1. The minimum absolute atomic E-state index is 0.349. The molecule has 0 heterocycles. The van der Waals surface area contributed by atoms with Crippen molar-refractivity contribution in [3.8, 4) is 0 Å². The summed E-state index contributed by atoms with van der Waals surface area (Å²) in [6.07, 6.45) is 2.29. The highest BCUT2D eigenvalue weighted by Crippen LogP contribution is 2.14. The Morgan fingerprint density at radius 3 is 2.61 bits per heavy atom. The second-order valence-electron chi connectivity index (χ2n) is 4.47. The maximum atomic E-state index is 12.0. The largest absolute Gasteiger partial charge is 0.313 e. The van der Waals surface area contributed by atoms with Crippen LogP contribution >= 0.6 is 0 Å². The maximum Gasteiger partial charge on any atom is 0.242 e. The van der Waals surface area contributed by atoms with Crippen molar-refractivity contribution in [2.24, 2.45) is 0 Å². The van der Waals surface area contributed by atoms with Gasteiger partial charge in [0.15, 0.2) is 0 Å². The third kappa shape index (κ3) is 4.08. The van der Waals surface area contributed by atoms with Crippen molar-refractivity contribution in [3.63, 3.8) is 0 Å². The van der Waals surface area contributed by atoms with Gasteiger partial charge in [0.05, 0.1) is 4.90 Å². The maximum absolute atomic E-state index is 12.0. The van der Waals surface area contributed by atoms with Crippen LogP contribution in [-0.4, -0.2) is 33.4 Å². The summed E-state index contributed by atoms with van der Waals surface area (Å²) in [7, 11) is -0.243. The summed E-state index contributed by atoms with van der Waals surface area (Å²) in [4.78, 5) is 0.349. The lowest BCUT2D eigenvalue weighted by molar-refractivity contribution is 0.520. The standard InChI is InChI=1S/C13H22N2O2S/c1-4-5-9-14-11-12-7-6-8-13(10-12)18(16,17)15(2)3/h6-8,10,14H,4-5,9,11H2,1-3H3. The van der Waals surface area contributed by atoms with Gasteiger partial charge in [-0.25, -0.2) is 12.7 Å². The van der Waals surface area contributed by atoms with E-state index in [4.69, 9.17) is 0 Å². The number of rotatable bonds is 7. The highest BCUT2D eigenvalue weighted by atomic mass is 32.2. The first-order chi connectivity index (χ1) is 8.48. The topological polar surface area (TPSA) is 49.4 Å². The lowest BCUT2D eigenvalue weighted by atomic mass is 10.2. The van der Waals surface area contributed by atoms with Gasteiger partial charge < -0.3 is 5.32 Å². The molecule has 5 heteroatoms. The molecule has 0 atom stereocenters. The molecule has 0 saturated heterocycles. The number of hydrogen-bond acceptors (Lipinski definition) is 3. The molecule has 1 aromatic carbocycles. The molecule has 0 aliphatic rings. The molecule has 4 nitrogen and oxygen atoms in total. The van der Waals surface area contributed by atoms with E-state index in [1.54, 1.807) is 32.3 Å². The van der Waals surface area contributed by atoms with E-state index < -0.39 is 10.0 Å². The average Bonchev–Trinajstić information content (AvgIpc) is 2.35. The van der Waals surface area contributed by atoms with Gasteiger partial charge in [-0.1, -0.05) is 25.5 Å². The van der Waals surface area contributed by atoms with Crippen molar-refractivity contribution in [2.45, 2.75) is 31.2 Å². The highest BCUT2D eigenvalue weighted by molar-refractivity contribution is 7.89. The van der Waals surface area contributed by atoms with Crippen LogP contribution in [0.3, 0.4) is 0 Å². The zero-order valence-electron chi connectivity index (χ0n) is 11.3. The lowest BCUT2D eigenvalue weighted by Crippen LogP contribution is -2.22. The molecule has 18 heavy (non-hydrogen) atoms. The molecule has 0 saturated carbocycles. The van der Waals surface area contributed by atoms with Gasteiger partial charge in [0.2, 0.25) is 10.0 Å². The number of unbranched alkanes of at least 4 members (excludes halogenated alkanes) is 1. The van der Waals surface area contributed by atoms with E-state index >= 15 is 0 Å². The molecule has 0 spiro atoms. The van der Waals surface area contributed by atoms with E-state index in [1.807, 2.05) is 6.07 Å². The molecule has 1 rings (SSSR count). The van der Waals surface area contributed by atoms with E-state index in [9.17, 15) is 8.42 Å². The second kappa shape index (κ2) is 6.87. The van der Waals surface area contributed by atoms with Gasteiger partial charge in [0.1, 0.15) is 0 Å². The molecule has 1 aromatic rings. The van der Waals surface area contributed by atoms with Crippen LogP contribution in [-0.2, 0) is 16.6 Å². The van der Waals surface area contributed by atoms with E-state index in [0.29, 0.717) is 11.4 Å². The summed E-state index contributed by atoms with van der Waals surface area (Å²) in [6.45, 7) is 3.81. The van der Waals surface area contributed by atoms with Crippen molar-refractivity contribution in [1.82, 2.24) is 9.62 Å². The van der Waals surface area contributed by atoms with Crippen molar-refractivity contribution in [2.75, 3.05) is 20.6 Å². The summed E-state index contributed by atoms with van der Waals surface area (Å²) in [5.41, 5.74) is 0.994. The zero-order chi connectivity index (χ0) is 13.6. The Morgan fingerprint density at radius 2 is 2.00 bits per heavy atom. The normalized spacial score (nSPS) is 12.0. The first-order valence-electron chi connectivity index (χ1n) is 6.20. The van der Waals surface area contributed by atoms with E-state index in [-0.39, 0.29) is 0 Å². The Kier molecular flexibility index (Phi) is 5.78. The SMILES string of the molecule is CCCCNCc1cccc(S(=O)(=O)N(C)C)c1. The molecule has 0 bridgehead atoms. The van der Waals surface area contributed by atoms with Crippen molar-refractivity contribution < 1.29 is 8.42 Å². The fourth-order valence-electron chi connectivity index (χ4n) is 1.56. The summed E-state index contributed by atoms with van der Waals surface area (Å²) in [5.74, 6) is 0. The molecule has 0 radical (unpaired) electrons. The van der Waals surface area contributed by atoms with Gasteiger partial charge in [0, 0.05) is 20.6 Å². The molecule has 0 fully saturated rings. The predicted octanol–water partition coefficient (Wildman–Crippen LogP) is 1.83. The van der Waals surface area contributed by atoms with Crippen LogP contribution in [0.2, 0.25) is 0 Å². The number of benzene rings is 1. The number of nitrogens with one attached hydrogen (secondary N) is 1. The summed E-state index contributed by atoms with van der Waals surface area (Å²) >= 11 is 0.